The molecule has 0 unspecified atom stereocenters. The molecule has 2 aromatic rings. The summed E-state index contributed by atoms with van der Waals surface area (Å²) < 4.78 is 1.94. The minimum atomic E-state index is 0.110. The Hall–Kier alpha value is -1.88. The number of hydrogen-bond acceptors (Lipinski definition) is 3. The van der Waals surface area contributed by atoms with Crippen LogP contribution in [0.25, 0.3) is 10.9 Å². The van der Waals surface area contributed by atoms with Crippen molar-refractivity contribution in [2.75, 3.05) is 26.2 Å². The van der Waals surface area contributed by atoms with Crippen LogP contribution in [0.2, 0.25) is 0 Å². The summed E-state index contributed by atoms with van der Waals surface area (Å²) in [6, 6.07) is 6.18. The van der Waals surface area contributed by atoms with Crippen LogP contribution in [0, 0.1) is 6.92 Å². The fraction of sp³-hybridized carbons (Fsp3) is 0.556. The number of benzene rings is 1. The lowest BCUT2D eigenvalue weighted by molar-refractivity contribution is -0.121. The standard InChI is InChI=1S/C18H26N4O/c1-15-6-5-7-16-14-20-22(18(15)16)12-8-17(23)19-9-13-21-10-3-2-4-11-21/h5-7,14H,2-4,8-13H2,1H3,(H,19,23). The summed E-state index contributed by atoms with van der Waals surface area (Å²) in [4.78, 5) is 14.5. The van der Waals surface area contributed by atoms with Gasteiger partial charge in [-0.3, -0.25) is 9.48 Å². The number of likely N-dealkylation sites (tertiary alicyclic amines) is 1. The van der Waals surface area contributed by atoms with Gasteiger partial charge in [0.25, 0.3) is 0 Å². The van der Waals surface area contributed by atoms with E-state index in [1.807, 2.05) is 16.9 Å². The molecule has 0 spiro atoms. The SMILES string of the molecule is Cc1cccc2cnn(CCC(=O)NCCN3CCCCC3)c12. The van der Waals surface area contributed by atoms with Gasteiger partial charge in [-0.25, -0.2) is 0 Å². The van der Waals surface area contributed by atoms with Crippen LogP contribution in [-0.4, -0.2) is 46.8 Å². The van der Waals surface area contributed by atoms with Gasteiger partial charge in [-0.2, -0.15) is 5.10 Å². The van der Waals surface area contributed by atoms with Crippen molar-refractivity contribution in [3.63, 3.8) is 0 Å². The van der Waals surface area contributed by atoms with E-state index < -0.39 is 0 Å². The largest absolute Gasteiger partial charge is 0.355 e. The quantitative estimate of drug-likeness (QED) is 0.890. The Morgan fingerprint density at radius 2 is 2.04 bits per heavy atom. The van der Waals surface area contributed by atoms with E-state index in [0.717, 1.165) is 24.0 Å². The fourth-order valence-corrected chi connectivity index (χ4v) is 3.33. The maximum Gasteiger partial charge on any atom is 0.221 e. The molecule has 23 heavy (non-hydrogen) atoms. The Morgan fingerprint density at radius 1 is 1.22 bits per heavy atom. The van der Waals surface area contributed by atoms with Crippen LogP contribution in [0.3, 0.4) is 0 Å². The highest BCUT2D eigenvalue weighted by Gasteiger charge is 2.11. The zero-order valence-corrected chi connectivity index (χ0v) is 13.9. The first-order valence-corrected chi connectivity index (χ1v) is 8.64. The molecule has 1 aliphatic heterocycles. The van der Waals surface area contributed by atoms with Crippen molar-refractivity contribution in [3.8, 4) is 0 Å². The third-order valence-corrected chi connectivity index (χ3v) is 4.61. The molecule has 1 aliphatic rings. The molecule has 1 saturated heterocycles. The third kappa shape index (κ3) is 4.10. The molecule has 1 aromatic heterocycles. The van der Waals surface area contributed by atoms with Gasteiger partial charge in [0.1, 0.15) is 0 Å². The van der Waals surface area contributed by atoms with Crippen molar-refractivity contribution in [3.05, 3.63) is 30.0 Å². The molecule has 0 bridgehead atoms. The number of nitrogens with one attached hydrogen (secondary N) is 1. The second-order valence-electron chi connectivity index (χ2n) is 6.38. The van der Waals surface area contributed by atoms with Gasteiger partial charge in [0.15, 0.2) is 0 Å². The second kappa shape index (κ2) is 7.59. The number of carbonyl (C=O) groups excluding carboxylic acids is 1. The number of hydrogen-bond donors (Lipinski definition) is 1. The summed E-state index contributed by atoms with van der Waals surface area (Å²) in [5, 5.41) is 8.58. The number of nitrogens with zero attached hydrogens (tertiary/aromatic N) is 3. The first-order valence-electron chi connectivity index (χ1n) is 8.64. The maximum atomic E-state index is 12.0. The number of aryl methyl sites for hydroxylation is 2. The zero-order chi connectivity index (χ0) is 16.1. The number of carbonyl (C=O) groups is 1. The van der Waals surface area contributed by atoms with Gasteiger partial charge in [-0.05, 0) is 38.4 Å². The average molecular weight is 314 g/mol. The van der Waals surface area contributed by atoms with E-state index in [2.05, 4.69) is 34.4 Å². The summed E-state index contributed by atoms with van der Waals surface area (Å²) >= 11 is 0. The van der Waals surface area contributed by atoms with Crippen molar-refractivity contribution in [1.82, 2.24) is 20.0 Å². The summed E-state index contributed by atoms with van der Waals surface area (Å²) in [6.45, 7) is 6.78. The van der Waals surface area contributed by atoms with Gasteiger partial charge in [0.2, 0.25) is 5.91 Å². The molecule has 0 radical (unpaired) electrons. The van der Waals surface area contributed by atoms with E-state index in [4.69, 9.17) is 0 Å². The number of para-hydroxylation sites is 1. The lowest BCUT2D eigenvalue weighted by Crippen LogP contribution is -2.37. The van der Waals surface area contributed by atoms with E-state index in [1.54, 1.807) is 0 Å². The number of aromatic nitrogens is 2. The lowest BCUT2D eigenvalue weighted by atomic mass is 10.1. The molecule has 1 aromatic carbocycles. The summed E-state index contributed by atoms with van der Waals surface area (Å²) in [6.07, 6.45) is 6.28. The first kappa shape index (κ1) is 16.0. The molecular weight excluding hydrogens is 288 g/mol. The first-order chi connectivity index (χ1) is 11.2. The van der Waals surface area contributed by atoms with Crippen LogP contribution < -0.4 is 5.32 Å². The van der Waals surface area contributed by atoms with Crippen LogP contribution in [0.1, 0.15) is 31.2 Å². The number of piperidine rings is 1. The third-order valence-electron chi connectivity index (χ3n) is 4.61. The summed E-state index contributed by atoms with van der Waals surface area (Å²) in [5.74, 6) is 0.110. The zero-order valence-electron chi connectivity index (χ0n) is 13.9. The normalized spacial score (nSPS) is 15.9. The van der Waals surface area contributed by atoms with Crippen molar-refractivity contribution in [1.29, 1.82) is 0 Å². The van der Waals surface area contributed by atoms with Crippen molar-refractivity contribution < 1.29 is 4.79 Å². The van der Waals surface area contributed by atoms with Gasteiger partial charge in [-0.1, -0.05) is 24.6 Å². The summed E-state index contributed by atoms with van der Waals surface area (Å²) in [5.41, 5.74) is 2.33. The van der Waals surface area contributed by atoms with E-state index in [9.17, 15) is 4.79 Å². The van der Waals surface area contributed by atoms with Gasteiger partial charge in [0, 0.05) is 24.9 Å². The molecule has 5 nitrogen and oxygen atoms in total. The van der Waals surface area contributed by atoms with Crippen LogP contribution >= 0.6 is 0 Å². The van der Waals surface area contributed by atoms with Crippen molar-refractivity contribution in [2.45, 2.75) is 39.2 Å². The predicted octanol–water partition coefficient (Wildman–Crippen LogP) is 2.34. The lowest BCUT2D eigenvalue weighted by Gasteiger charge is -2.26. The number of amides is 1. The molecule has 0 saturated carbocycles. The van der Waals surface area contributed by atoms with E-state index in [0.29, 0.717) is 13.0 Å². The van der Waals surface area contributed by atoms with Crippen LogP contribution in [0.4, 0.5) is 0 Å². The van der Waals surface area contributed by atoms with Crippen LogP contribution in [0.5, 0.6) is 0 Å². The number of fused-ring (bicyclic) bond motifs is 1. The topological polar surface area (TPSA) is 50.2 Å². The molecule has 0 aliphatic carbocycles. The fourth-order valence-electron chi connectivity index (χ4n) is 3.33. The smallest absolute Gasteiger partial charge is 0.221 e. The minimum Gasteiger partial charge on any atom is -0.355 e. The van der Waals surface area contributed by atoms with Crippen molar-refractivity contribution >= 4 is 16.8 Å². The van der Waals surface area contributed by atoms with Crippen LogP contribution in [-0.2, 0) is 11.3 Å². The average Bonchev–Trinajstić information content (AvgIpc) is 2.98. The molecule has 0 atom stereocenters. The highest BCUT2D eigenvalue weighted by atomic mass is 16.1. The van der Waals surface area contributed by atoms with E-state index in [1.165, 1.54) is 37.9 Å². The molecule has 124 valence electrons. The predicted molar refractivity (Wildman–Crippen MR) is 92.4 cm³/mol. The molecule has 1 N–H and O–H groups in total. The Labute approximate surface area is 137 Å². The Morgan fingerprint density at radius 3 is 2.87 bits per heavy atom. The molecule has 3 rings (SSSR count). The molecular formula is C18H26N4O. The molecule has 1 amide bonds. The highest BCUT2D eigenvalue weighted by Crippen LogP contribution is 2.17. The van der Waals surface area contributed by atoms with E-state index >= 15 is 0 Å². The van der Waals surface area contributed by atoms with E-state index in [-0.39, 0.29) is 5.91 Å². The Kier molecular flexibility index (Phi) is 5.28. The van der Waals surface area contributed by atoms with Crippen LogP contribution in [0.15, 0.2) is 24.4 Å². The van der Waals surface area contributed by atoms with Gasteiger partial charge in [-0.15, -0.1) is 0 Å². The van der Waals surface area contributed by atoms with Crippen molar-refractivity contribution in [2.24, 2.45) is 0 Å². The van der Waals surface area contributed by atoms with Gasteiger partial charge >= 0.3 is 0 Å². The summed E-state index contributed by atoms with van der Waals surface area (Å²) in [7, 11) is 0. The monoisotopic (exact) mass is 314 g/mol. The molecule has 5 heteroatoms. The highest BCUT2D eigenvalue weighted by molar-refractivity contribution is 5.82. The Bertz CT molecular complexity index is 658. The molecule has 2 heterocycles. The Balaban J connectivity index is 1.45. The molecule has 1 fully saturated rings. The maximum absolute atomic E-state index is 12.0. The van der Waals surface area contributed by atoms with Gasteiger partial charge in [0.05, 0.1) is 18.3 Å². The van der Waals surface area contributed by atoms with Gasteiger partial charge < -0.3 is 10.2 Å². The number of rotatable bonds is 6. The minimum absolute atomic E-state index is 0.110. The second-order valence-corrected chi connectivity index (χ2v) is 6.38.